The topological polar surface area (TPSA) is 115 Å². The fraction of sp³-hybridized carbons (Fsp3) is 0. The first-order valence-corrected chi connectivity index (χ1v) is 5.57. The van der Waals surface area contributed by atoms with Crippen LogP contribution in [0.5, 0.6) is 17.2 Å². The molecule has 0 saturated carbocycles. The van der Waals surface area contributed by atoms with Crippen molar-refractivity contribution in [3.8, 4) is 17.2 Å². The van der Waals surface area contributed by atoms with E-state index in [0.717, 1.165) is 12.1 Å². The average Bonchev–Trinajstić information content (AvgIpc) is 2.45. The molecule has 1 aromatic carbocycles. The van der Waals surface area contributed by atoms with E-state index < -0.39 is 23.2 Å². The number of phenols is 3. The molecule has 0 bridgehead atoms. The van der Waals surface area contributed by atoms with Crippen LogP contribution < -0.4 is 5.43 Å². The van der Waals surface area contributed by atoms with Crippen molar-refractivity contribution in [3.05, 3.63) is 47.8 Å². The SMILES string of the molecule is O=C(N/N=C/c1ccccn1)c1cc(O)c(O)c(O)c1. The van der Waals surface area contributed by atoms with Gasteiger partial charge in [0.25, 0.3) is 5.91 Å². The molecule has 0 unspecified atom stereocenters. The number of amides is 1. The number of hydrazone groups is 1. The third-order valence-corrected chi connectivity index (χ3v) is 2.38. The van der Waals surface area contributed by atoms with Crippen molar-refractivity contribution < 1.29 is 20.1 Å². The van der Waals surface area contributed by atoms with Gasteiger partial charge >= 0.3 is 0 Å². The van der Waals surface area contributed by atoms with Crippen molar-refractivity contribution in [2.24, 2.45) is 5.10 Å². The van der Waals surface area contributed by atoms with Crippen LogP contribution in [0.2, 0.25) is 0 Å². The summed E-state index contributed by atoms with van der Waals surface area (Å²) in [5.74, 6) is -2.52. The summed E-state index contributed by atoms with van der Waals surface area (Å²) in [6.45, 7) is 0. The van der Waals surface area contributed by atoms with Crippen molar-refractivity contribution in [3.63, 3.8) is 0 Å². The van der Waals surface area contributed by atoms with Crippen molar-refractivity contribution >= 4 is 12.1 Å². The normalized spacial score (nSPS) is 10.6. The Morgan fingerprint density at radius 3 is 2.50 bits per heavy atom. The molecule has 0 saturated heterocycles. The lowest BCUT2D eigenvalue weighted by Gasteiger charge is -2.04. The first kappa shape index (κ1) is 13.3. The van der Waals surface area contributed by atoms with Crippen LogP contribution in [-0.2, 0) is 0 Å². The highest BCUT2D eigenvalue weighted by atomic mass is 16.3. The fourth-order valence-electron chi connectivity index (χ4n) is 1.41. The van der Waals surface area contributed by atoms with Crippen LogP contribution in [0.1, 0.15) is 16.1 Å². The molecule has 7 heteroatoms. The van der Waals surface area contributed by atoms with Gasteiger partial charge in [-0.05, 0) is 24.3 Å². The molecule has 1 aromatic heterocycles. The first-order valence-electron chi connectivity index (χ1n) is 5.57. The van der Waals surface area contributed by atoms with Gasteiger partial charge in [0, 0.05) is 11.8 Å². The van der Waals surface area contributed by atoms with Crippen LogP contribution in [0, 0.1) is 0 Å². The minimum absolute atomic E-state index is 0.0454. The lowest BCUT2D eigenvalue weighted by Crippen LogP contribution is -2.17. The van der Waals surface area contributed by atoms with Crippen LogP contribution in [0.4, 0.5) is 0 Å². The predicted molar refractivity (Wildman–Crippen MR) is 70.7 cm³/mol. The maximum absolute atomic E-state index is 11.7. The summed E-state index contributed by atoms with van der Waals surface area (Å²) < 4.78 is 0. The number of carbonyl (C=O) groups excluding carboxylic acids is 1. The molecule has 4 N–H and O–H groups in total. The quantitative estimate of drug-likeness (QED) is 0.378. The Morgan fingerprint density at radius 2 is 1.90 bits per heavy atom. The molecule has 2 aromatic rings. The predicted octanol–water partition coefficient (Wildman–Crippen LogP) is 0.962. The Morgan fingerprint density at radius 1 is 1.20 bits per heavy atom. The summed E-state index contributed by atoms with van der Waals surface area (Å²) in [6.07, 6.45) is 2.93. The van der Waals surface area contributed by atoms with E-state index in [2.05, 4.69) is 15.5 Å². The minimum Gasteiger partial charge on any atom is -0.504 e. The third-order valence-electron chi connectivity index (χ3n) is 2.38. The highest BCUT2D eigenvalue weighted by molar-refractivity contribution is 5.96. The van der Waals surface area contributed by atoms with Crippen molar-refractivity contribution in [1.29, 1.82) is 0 Å². The third kappa shape index (κ3) is 3.02. The summed E-state index contributed by atoms with van der Waals surface area (Å²) in [5.41, 5.74) is 2.72. The molecular weight excluding hydrogens is 262 g/mol. The lowest BCUT2D eigenvalue weighted by atomic mass is 10.2. The number of rotatable bonds is 3. The second kappa shape index (κ2) is 5.70. The second-order valence-corrected chi connectivity index (χ2v) is 3.82. The van der Waals surface area contributed by atoms with E-state index in [4.69, 9.17) is 5.11 Å². The molecule has 102 valence electrons. The van der Waals surface area contributed by atoms with Gasteiger partial charge in [0.15, 0.2) is 17.2 Å². The van der Waals surface area contributed by atoms with E-state index in [1.54, 1.807) is 24.4 Å². The summed E-state index contributed by atoms with van der Waals surface area (Å²) in [4.78, 5) is 15.7. The molecule has 0 aliphatic rings. The van der Waals surface area contributed by atoms with E-state index in [-0.39, 0.29) is 5.56 Å². The molecule has 1 amide bonds. The Balaban J connectivity index is 2.08. The minimum atomic E-state index is -0.682. The van der Waals surface area contributed by atoms with Gasteiger partial charge < -0.3 is 15.3 Å². The summed E-state index contributed by atoms with van der Waals surface area (Å²) in [6, 6.07) is 7.25. The number of nitrogens with zero attached hydrogens (tertiary/aromatic N) is 2. The average molecular weight is 273 g/mol. The molecule has 0 atom stereocenters. The highest BCUT2D eigenvalue weighted by Crippen LogP contribution is 2.35. The maximum Gasteiger partial charge on any atom is 0.271 e. The van der Waals surface area contributed by atoms with E-state index >= 15 is 0 Å². The zero-order chi connectivity index (χ0) is 14.5. The first-order chi connectivity index (χ1) is 9.58. The summed E-state index contributed by atoms with van der Waals surface area (Å²) >= 11 is 0. The Bertz CT molecular complexity index is 633. The molecule has 0 aliphatic heterocycles. The molecule has 1 heterocycles. The van der Waals surface area contributed by atoms with Gasteiger partial charge in [-0.3, -0.25) is 9.78 Å². The Hall–Kier alpha value is -3.09. The van der Waals surface area contributed by atoms with Crippen molar-refractivity contribution in [2.45, 2.75) is 0 Å². The van der Waals surface area contributed by atoms with Gasteiger partial charge in [-0.1, -0.05) is 6.07 Å². The number of nitrogens with one attached hydrogen (secondary N) is 1. The van der Waals surface area contributed by atoms with Crippen LogP contribution in [0.3, 0.4) is 0 Å². The van der Waals surface area contributed by atoms with Gasteiger partial charge in [0.2, 0.25) is 0 Å². The van der Waals surface area contributed by atoms with E-state index in [0.29, 0.717) is 5.69 Å². The molecule has 2 rings (SSSR count). The smallest absolute Gasteiger partial charge is 0.271 e. The second-order valence-electron chi connectivity index (χ2n) is 3.82. The Kier molecular flexibility index (Phi) is 3.80. The fourth-order valence-corrected chi connectivity index (χ4v) is 1.41. The largest absolute Gasteiger partial charge is 0.504 e. The standard InChI is InChI=1S/C13H11N3O4/c17-10-5-8(6-11(18)12(10)19)13(20)16-15-7-9-3-1-2-4-14-9/h1-7,17-19H,(H,16,20)/b15-7+. The number of benzene rings is 1. The highest BCUT2D eigenvalue weighted by Gasteiger charge is 2.12. The van der Waals surface area contributed by atoms with Gasteiger partial charge in [0.1, 0.15) is 0 Å². The molecular formula is C13H11N3O4. The van der Waals surface area contributed by atoms with Crippen LogP contribution in [0.15, 0.2) is 41.6 Å². The molecule has 20 heavy (non-hydrogen) atoms. The van der Waals surface area contributed by atoms with Crippen molar-refractivity contribution in [1.82, 2.24) is 10.4 Å². The number of aromatic nitrogens is 1. The number of aromatic hydroxyl groups is 3. The molecule has 0 radical (unpaired) electrons. The Labute approximate surface area is 113 Å². The molecule has 0 spiro atoms. The van der Waals surface area contributed by atoms with Gasteiger partial charge in [-0.2, -0.15) is 5.10 Å². The van der Waals surface area contributed by atoms with Crippen LogP contribution in [-0.4, -0.2) is 32.4 Å². The monoisotopic (exact) mass is 273 g/mol. The zero-order valence-corrected chi connectivity index (χ0v) is 10.2. The van der Waals surface area contributed by atoms with Crippen molar-refractivity contribution in [2.75, 3.05) is 0 Å². The number of pyridine rings is 1. The molecule has 0 aliphatic carbocycles. The molecule has 7 nitrogen and oxygen atoms in total. The van der Waals surface area contributed by atoms with E-state index in [9.17, 15) is 15.0 Å². The molecule has 0 fully saturated rings. The number of carbonyl (C=O) groups is 1. The maximum atomic E-state index is 11.7. The number of hydrogen-bond acceptors (Lipinski definition) is 6. The lowest BCUT2D eigenvalue weighted by molar-refractivity contribution is 0.0954. The van der Waals surface area contributed by atoms with E-state index in [1.165, 1.54) is 6.21 Å². The zero-order valence-electron chi connectivity index (χ0n) is 10.2. The number of hydrogen-bond donors (Lipinski definition) is 4. The van der Waals surface area contributed by atoms with E-state index in [1.807, 2.05) is 0 Å². The van der Waals surface area contributed by atoms with Gasteiger partial charge in [0.05, 0.1) is 11.9 Å². The van der Waals surface area contributed by atoms with Gasteiger partial charge in [-0.25, -0.2) is 5.43 Å². The summed E-state index contributed by atoms with van der Waals surface area (Å²) in [5, 5.41) is 31.4. The van der Waals surface area contributed by atoms with Gasteiger partial charge in [-0.15, -0.1) is 0 Å². The number of phenolic OH excluding ortho intramolecular Hbond substituents is 3. The van der Waals surface area contributed by atoms with Crippen LogP contribution >= 0.6 is 0 Å². The summed E-state index contributed by atoms with van der Waals surface area (Å²) in [7, 11) is 0. The van der Waals surface area contributed by atoms with Crippen LogP contribution in [0.25, 0.3) is 0 Å².